The van der Waals surface area contributed by atoms with E-state index in [2.05, 4.69) is 5.32 Å². The van der Waals surface area contributed by atoms with Gasteiger partial charge in [-0.05, 0) is 24.2 Å². The van der Waals surface area contributed by atoms with Gasteiger partial charge in [-0.2, -0.15) is 0 Å². The molecule has 5 nitrogen and oxygen atoms in total. The first-order valence-corrected chi connectivity index (χ1v) is 6.97. The quantitative estimate of drug-likeness (QED) is 0.703. The van der Waals surface area contributed by atoms with Crippen LogP contribution in [-0.2, 0) is 9.59 Å². The Morgan fingerprint density at radius 2 is 2.00 bits per heavy atom. The Labute approximate surface area is 114 Å². The largest absolute Gasteiger partial charge is 0.481 e. The molecule has 0 aromatic heterocycles. The van der Waals surface area contributed by atoms with Crippen molar-refractivity contribution in [1.82, 2.24) is 5.32 Å². The van der Waals surface area contributed by atoms with E-state index in [1.165, 1.54) is 0 Å². The van der Waals surface area contributed by atoms with Gasteiger partial charge in [0, 0.05) is 19.0 Å². The smallest absolute Gasteiger partial charge is 0.306 e. The summed E-state index contributed by atoms with van der Waals surface area (Å²) in [6, 6.07) is -0.189. The van der Waals surface area contributed by atoms with Crippen LogP contribution in [0.4, 0.5) is 0 Å². The maximum atomic E-state index is 11.8. The molecule has 0 radical (unpaired) electrons. The number of aliphatic carboxylic acids is 1. The van der Waals surface area contributed by atoms with E-state index in [1.807, 2.05) is 20.8 Å². The van der Waals surface area contributed by atoms with Crippen LogP contribution in [0.1, 0.15) is 46.5 Å². The fraction of sp³-hybridized carbons (Fsp3) is 0.857. The Morgan fingerprint density at radius 1 is 1.37 bits per heavy atom. The maximum absolute atomic E-state index is 11.8. The van der Waals surface area contributed by atoms with Crippen LogP contribution in [0.5, 0.6) is 0 Å². The molecule has 0 aromatic carbocycles. The third kappa shape index (κ3) is 4.82. The van der Waals surface area contributed by atoms with Gasteiger partial charge in [0.25, 0.3) is 0 Å². The minimum atomic E-state index is -0.747. The highest BCUT2D eigenvalue weighted by atomic mass is 16.4. The molecule has 0 heterocycles. The second-order valence-electron chi connectivity index (χ2n) is 6.62. The molecule has 110 valence electrons. The van der Waals surface area contributed by atoms with E-state index in [4.69, 9.17) is 10.8 Å². The summed E-state index contributed by atoms with van der Waals surface area (Å²) in [6.45, 7) is 6.46. The highest BCUT2D eigenvalue weighted by molar-refractivity contribution is 5.77. The van der Waals surface area contributed by atoms with Crippen LogP contribution in [0.15, 0.2) is 0 Å². The normalized spacial score (nSPS) is 25.1. The van der Waals surface area contributed by atoms with E-state index in [-0.39, 0.29) is 35.6 Å². The number of carbonyl (C=O) groups excluding carboxylic acids is 1. The van der Waals surface area contributed by atoms with Gasteiger partial charge in [-0.15, -0.1) is 0 Å². The average Bonchev–Trinajstić information content (AvgIpc) is 2.73. The molecule has 1 rings (SSSR count). The number of carboxylic acid groups (broad SMARTS) is 1. The lowest BCUT2D eigenvalue weighted by atomic mass is 9.85. The molecule has 1 saturated carbocycles. The first kappa shape index (κ1) is 16.0. The van der Waals surface area contributed by atoms with Crippen molar-refractivity contribution in [1.29, 1.82) is 0 Å². The lowest BCUT2D eigenvalue weighted by molar-refractivity contribution is -0.143. The number of hydrogen-bond donors (Lipinski definition) is 3. The van der Waals surface area contributed by atoms with Crippen LogP contribution in [0, 0.1) is 17.3 Å². The van der Waals surface area contributed by atoms with Crippen LogP contribution in [0.3, 0.4) is 0 Å². The van der Waals surface area contributed by atoms with E-state index < -0.39 is 5.97 Å². The zero-order chi connectivity index (χ0) is 14.6. The standard InChI is InChI=1S/C14H26N2O3/c1-14(2,3)11(15)7-12(17)16-8-9-5-4-6-10(9)13(18)19/h9-11H,4-8,15H2,1-3H3,(H,16,17)(H,18,19). The van der Waals surface area contributed by atoms with Crippen LogP contribution in [0.2, 0.25) is 0 Å². The van der Waals surface area contributed by atoms with E-state index in [1.54, 1.807) is 0 Å². The van der Waals surface area contributed by atoms with E-state index in [0.29, 0.717) is 6.54 Å². The summed E-state index contributed by atoms with van der Waals surface area (Å²) in [5.41, 5.74) is 5.85. The number of nitrogens with one attached hydrogen (secondary N) is 1. The molecule has 5 heteroatoms. The molecule has 3 atom stereocenters. The Kier molecular flexibility index (Phi) is 5.35. The molecule has 19 heavy (non-hydrogen) atoms. The van der Waals surface area contributed by atoms with Gasteiger partial charge in [-0.1, -0.05) is 27.2 Å². The molecule has 1 amide bonds. The van der Waals surface area contributed by atoms with Crippen LogP contribution in [0.25, 0.3) is 0 Å². The number of carbonyl (C=O) groups is 2. The molecular formula is C14H26N2O3. The highest BCUT2D eigenvalue weighted by Gasteiger charge is 2.33. The topological polar surface area (TPSA) is 92.4 Å². The van der Waals surface area contributed by atoms with Crippen molar-refractivity contribution in [3.05, 3.63) is 0 Å². The second kappa shape index (κ2) is 6.37. The summed E-state index contributed by atoms with van der Waals surface area (Å²) in [5, 5.41) is 11.9. The Hall–Kier alpha value is -1.10. The lowest BCUT2D eigenvalue weighted by Gasteiger charge is -2.26. The predicted octanol–water partition coefficient (Wildman–Crippen LogP) is 1.37. The van der Waals surface area contributed by atoms with E-state index in [9.17, 15) is 9.59 Å². The van der Waals surface area contributed by atoms with Crippen molar-refractivity contribution >= 4 is 11.9 Å². The number of rotatable bonds is 5. The molecule has 1 aliphatic carbocycles. The minimum Gasteiger partial charge on any atom is -0.481 e. The Bertz CT molecular complexity index is 336. The van der Waals surface area contributed by atoms with E-state index in [0.717, 1.165) is 19.3 Å². The van der Waals surface area contributed by atoms with Gasteiger partial charge in [-0.25, -0.2) is 0 Å². The molecular weight excluding hydrogens is 244 g/mol. The maximum Gasteiger partial charge on any atom is 0.306 e. The summed E-state index contributed by atoms with van der Waals surface area (Å²) >= 11 is 0. The van der Waals surface area contributed by atoms with Crippen molar-refractivity contribution in [2.24, 2.45) is 23.0 Å². The van der Waals surface area contributed by atoms with Crippen molar-refractivity contribution < 1.29 is 14.7 Å². The Balaban J connectivity index is 2.36. The van der Waals surface area contributed by atoms with E-state index >= 15 is 0 Å². The van der Waals surface area contributed by atoms with Gasteiger partial charge in [0.2, 0.25) is 5.91 Å². The Morgan fingerprint density at radius 3 is 2.53 bits per heavy atom. The average molecular weight is 270 g/mol. The molecule has 0 aromatic rings. The first-order valence-electron chi connectivity index (χ1n) is 6.97. The number of hydrogen-bond acceptors (Lipinski definition) is 3. The van der Waals surface area contributed by atoms with Gasteiger partial charge < -0.3 is 16.2 Å². The lowest BCUT2D eigenvalue weighted by Crippen LogP contribution is -2.41. The highest BCUT2D eigenvalue weighted by Crippen LogP contribution is 2.31. The SMILES string of the molecule is CC(C)(C)C(N)CC(=O)NCC1CCCC1C(=O)O. The zero-order valence-corrected chi connectivity index (χ0v) is 12.1. The number of amides is 1. The predicted molar refractivity (Wildman–Crippen MR) is 73.5 cm³/mol. The molecule has 4 N–H and O–H groups in total. The van der Waals surface area contributed by atoms with Crippen molar-refractivity contribution in [2.45, 2.75) is 52.5 Å². The molecule has 1 fully saturated rings. The molecule has 3 unspecified atom stereocenters. The van der Waals surface area contributed by atoms with Crippen LogP contribution >= 0.6 is 0 Å². The summed E-state index contributed by atoms with van der Waals surface area (Å²) in [6.07, 6.45) is 2.81. The zero-order valence-electron chi connectivity index (χ0n) is 12.1. The van der Waals surface area contributed by atoms with Gasteiger partial charge in [-0.3, -0.25) is 9.59 Å². The summed E-state index contributed by atoms with van der Waals surface area (Å²) in [7, 11) is 0. The van der Waals surface area contributed by atoms with Crippen molar-refractivity contribution in [3.63, 3.8) is 0 Å². The summed E-state index contributed by atoms with van der Waals surface area (Å²) in [4.78, 5) is 22.8. The third-order valence-corrected chi connectivity index (χ3v) is 4.06. The molecule has 1 aliphatic rings. The van der Waals surface area contributed by atoms with Gasteiger partial charge in [0.15, 0.2) is 0 Å². The molecule has 0 bridgehead atoms. The fourth-order valence-corrected chi connectivity index (χ4v) is 2.43. The fourth-order valence-electron chi connectivity index (χ4n) is 2.43. The number of nitrogens with two attached hydrogens (primary N) is 1. The minimum absolute atomic E-state index is 0.0623. The van der Waals surface area contributed by atoms with Gasteiger partial charge >= 0.3 is 5.97 Å². The first-order chi connectivity index (χ1) is 8.71. The van der Waals surface area contributed by atoms with Gasteiger partial charge in [0.1, 0.15) is 0 Å². The molecule has 0 saturated heterocycles. The molecule has 0 aliphatic heterocycles. The van der Waals surface area contributed by atoms with Crippen molar-refractivity contribution in [3.8, 4) is 0 Å². The number of carboxylic acids is 1. The van der Waals surface area contributed by atoms with Crippen LogP contribution in [-0.4, -0.2) is 29.6 Å². The van der Waals surface area contributed by atoms with Gasteiger partial charge in [0.05, 0.1) is 5.92 Å². The molecule has 0 spiro atoms. The second-order valence-corrected chi connectivity index (χ2v) is 6.62. The third-order valence-electron chi connectivity index (χ3n) is 4.06. The van der Waals surface area contributed by atoms with Crippen molar-refractivity contribution in [2.75, 3.05) is 6.54 Å². The summed E-state index contributed by atoms with van der Waals surface area (Å²) < 4.78 is 0. The van der Waals surface area contributed by atoms with Crippen LogP contribution < -0.4 is 11.1 Å². The summed E-state index contributed by atoms with van der Waals surface area (Å²) in [5.74, 6) is -1.08. The monoisotopic (exact) mass is 270 g/mol.